The van der Waals surface area contributed by atoms with Crippen LogP contribution in [0.2, 0.25) is 0 Å². The third-order valence-electron chi connectivity index (χ3n) is 6.07. The third kappa shape index (κ3) is 7.48. The molecule has 0 spiro atoms. The summed E-state index contributed by atoms with van der Waals surface area (Å²) in [7, 11) is -1.45. The van der Waals surface area contributed by atoms with Gasteiger partial charge in [0.1, 0.15) is 21.2 Å². The van der Waals surface area contributed by atoms with Crippen LogP contribution in [0.4, 0.5) is 21.8 Å². The molecule has 0 bridgehead atoms. The van der Waals surface area contributed by atoms with Gasteiger partial charge in [0, 0.05) is 37.6 Å². The molecule has 0 unspecified atom stereocenters. The predicted molar refractivity (Wildman–Crippen MR) is 156 cm³/mol. The van der Waals surface area contributed by atoms with Gasteiger partial charge in [-0.05, 0) is 55.8 Å². The first-order valence-electron chi connectivity index (χ1n) is 12.6. The summed E-state index contributed by atoms with van der Waals surface area (Å²) in [6.07, 6.45) is 1.19. The molecule has 40 heavy (non-hydrogen) atoms. The molecule has 0 atom stereocenters. The fourth-order valence-electron chi connectivity index (χ4n) is 3.71. The highest BCUT2D eigenvalue weighted by atomic mass is 32.2. The monoisotopic (exact) mass is 565 g/mol. The van der Waals surface area contributed by atoms with Crippen LogP contribution in [0.1, 0.15) is 19.4 Å². The number of amides is 1. The standard InChI is InChI=1S/C28H32FN7O3S/c1-28(2,30)26(37)32-21-11-7-19(8-12-21)22-13-14-23-24(33-22)25(36(3)15-16-40(4,38)39)35-27(34-23)31-17-18-5-9-20(29)10-6-18/h5-14H,15-17,30H2,1-4H3,(H,32,37)(H,31,34,35). The Morgan fingerprint density at radius 3 is 2.30 bits per heavy atom. The molecule has 2 aromatic heterocycles. The van der Waals surface area contributed by atoms with Crippen LogP contribution in [-0.4, -0.2) is 60.4 Å². The van der Waals surface area contributed by atoms with Gasteiger partial charge in [0.15, 0.2) is 5.82 Å². The van der Waals surface area contributed by atoms with E-state index in [9.17, 15) is 17.6 Å². The van der Waals surface area contributed by atoms with Crippen molar-refractivity contribution in [3.05, 3.63) is 72.0 Å². The summed E-state index contributed by atoms with van der Waals surface area (Å²) in [5.74, 6) is 0.120. The van der Waals surface area contributed by atoms with Crippen molar-refractivity contribution in [2.45, 2.75) is 25.9 Å². The van der Waals surface area contributed by atoms with Crippen LogP contribution in [-0.2, 0) is 21.2 Å². The quantitative estimate of drug-likeness (QED) is 0.263. The van der Waals surface area contributed by atoms with Gasteiger partial charge in [-0.3, -0.25) is 4.79 Å². The Balaban J connectivity index is 1.66. The van der Waals surface area contributed by atoms with Gasteiger partial charge in [-0.2, -0.15) is 4.98 Å². The zero-order chi connectivity index (χ0) is 29.1. The summed E-state index contributed by atoms with van der Waals surface area (Å²) >= 11 is 0. The fourth-order valence-corrected chi connectivity index (χ4v) is 4.32. The summed E-state index contributed by atoms with van der Waals surface area (Å²) in [5, 5.41) is 5.95. The van der Waals surface area contributed by atoms with Gasteiger partial charge in [-0.25, -0.2) is 22.8 Å². The molecule has 0 radical (unpaired) electrons. The number of carbonyl (C=O) groups excluding carboxylic acids is 1. The highest BCUT2D eigenvalue weighted by Crippen LogP contribution is 2.28. The van der Waals surface area contributed by atoms with Gasteiger partial charge in [0.25, 0.3) is 0 Å². The van der Waals surface area contributed by atoms with Crippen molar-refractivity contribution in [2.75, 3.05) is 41.1 Å². The number of hydrogen-bond donors (Lipinski definition) is 3. The van der Waals surface area contributed by atoms with Crippen molar-refractivity contribution < 1.29 is 17.6 Å². The fraction of sp³-hybridized carbons (Fsp3) is 0.286. The summed E-state index contributed by atoms with van der Waals surface area (Å²) in [6.45, 7) is 3.84. The average molecular weight is 566 g/mol. The molecule has 0 aliphatic heterocycles. The van der Waals surface area contributed by atoms with Crippen molar-refractivity contribution in [1.82, 2.24) is 15.0 Å². The van der Waals surface area contributed by atoms with E-state index < -0.39 is 15.4 Å². The number of hydrogen-bond acceptors (Lipinski definition) is 9. The summed E-state index contributed by atoms with van der Waals surface area (Å²) < 4.78 is 36.9. The third-order valence-corrected chi connectivity index (χ3v) is 6.99. The van der Waals surface area contributed by atoms with Crippen LogP contribution in [0, 0.1) is 5.82 Å². The SMILES string of the molecule is CN(CCS(C)(=O)=O)c1nc(NCc2ccc(F)cc2)nc2ccc(-c3ccc(NC(=O)C(C)(C)N)cc3)nc12. The van der Waals surface area contributed by atoms with Crippen molar-refractivity contribution in [2.24, 2.45) is 5.73 Å². The van der Waals surface area contributed by atoms with E-state index in [0.29, 0.717) is 40.7 Å². The number of nitrogens with zero attached hydrogens (tertiary/aromatic N) is 4. The molecule has 0 fully saturated rings. The number of carbonyl (C=O) groups is 1. The minimum absolute atomic E-state index is 0.0557. The highest BCUT2D eigenvalue weighted by molar-refractivity contribution is 7.90. The van der Waals surface area contributed by atoms with E-state index in [4.69, 9.17) is 10.7 Å². The van der Waals surface area contributed by atoms with Gasteiger partial charge in [-0.1, -0.05) is 24.3 Å². The molecule has 4 rings (SSSR count). The Morgan fingerprint density at radius 2 is 1.68 bits per heavy atom. The number of rotatable bonds is 10. The lowest BCUT2D eigenvalue weighted by Gasteiger charge is -2.20. The molecule has 12 heteroatoms. The van der Waals surface area contributed by atoms with Crippen LogP contribution in [0.3, 0.4) is 0 Å². The van der Waals surface area contributed by atoms with Crippen LogP contribution in [0.15, 0.2) is 60.7 Å². The molecule has 0 saturated heterocycles. The number of sulfone groups is 1. The Bertz CT molecular complexity index is 1620. The van der Waals surface area contributed by atoms with Crippen molar-refractivity contribution in [3.63, 3.8) is 0 Å². The summed E-state index contributed by atoms with van der Waals surface area (Å²) in [6, 6.07) is 17.0. The first-order chi connectivity index (χ1) is 18.8. The van der Waals surface area contributed by atoms with E-state index in [0.717, 1.165) is 11.1 Å². The smallest absolute Gasteiger partial charge is 0.243 e. The van der Waals surface area contributed by atoms with E-state index in [1.807, 2.05) is 24.3 Å². The second kappa shape index (κ2) is 11.5. The van der Waals surface area contributed by atoms with Crippen molar-refractivity contribution in [3.8, 4) is 11.3 Å². The molecule has 4 N–H and O–H groups in total. The molecule has 4 aromatic rings. The number of nitrogens with two attached hydrogens (primary N) is 1. The molecular weight excluding hydrogens is 533 g/mol. The maximum atomic E-state index is 13.3. The first kappa shape index (κ1) is 28.8. The molecule has 1 amide bonds. The number of fused-ring (bicyclic) bond motifs is 1. The lowest BCUT2D eigenvalue weighted by Crippen LogP contribution is -2.45. The summed E-state index contributed by atoms with van der Waals surface area (Å²) in [5.41, 5.74) is 8.82. The predicted octanol–water partition coefficient (Wildman–Crippen LogP) is 3.60. The molecule has 210 valence electrons. The van der Waals surface area contributed by atoms with Crippen LogP contribution in [0.5, 0.6) is 0 Å². The second-order valence-electron chi connectivity index (χ2n) is 10.2. The largest absolute Gasteiger partial charge is 0.357 e. The number of benzene rings is 2. The number of anilines is 3. The van der Waals surface area contributed by atoms with Crippen molar-refractivity contribution in [1.29, 1.82) is 0 Å². The van der Waals surface area contributed by atoms with Crippen LogP contribution in [0.25, 0.3) is 22.3 Å². The Morgan fingerprint density at radius 1 is 1.00 bits per heavy atom. The Hall–Kier alpha value is -4.16. The second-order valence-corrected chi connectivity index (χ2v) is 12.5. The number of halogens is 1. The minimum Gasteiger partial charge on any atom is -0.357 e. The van der Waals surface area contributed by atoms with Crippen LogP contribution >= 0.6 is 0 Å². The lowest BCUT2D eigenvalue weighted by atomic mass is 10.1. The number of aromatic nitrogens is 3. The maximum absolute atomic E-state index is 13.3. The number of nitrogens with one attached hydrogen (secondary N) is 2. The van der Waals surface area contributed by atoms with Crippen molar-refractivity contribution >= 4 is 44.2 Å². The normalized spacial score (nSPS) is 11.8. The van der Waals surface area contributed by atoms with E-state index in [1.165, 1.54) is 18.4 Å². The van der Waals surface area contributed by atoms with E-state index in [2.05, 4.69) is 20.6 Å². The molecule has 2 heterocycles. The van der Waals surface area contributed by atoms with Gasteiger partial charge in [-0.15, -0.1) is 0 Å². The zero-order valence-corrected chi connectivity index (χ0v) is 23.6. The van der Waals surface area contributed by atoms with Gasteiger partial charge in [0.05, 0.1) is 22.5 Å². The molecule has 0 aliphatic carbocycles. The van der Waals surface area contributed by atoms with E-state index in [1.54, 1.807) is 50.1 Å². The van der Waals surface area contributed by atoms with Gasteiger partial charge >= 0.3 is 0 Å². The van der Waals surface area contributed by atoms with Crippen LogP contribution < -0.4 is 21.3 Å². The van der Waals surface area contributed by atoms with Gasteiger partial charge in [0.2, 0.25) is 11.9 Å². The average Bonchev–Trinajstić information content (AvgIpc) is 2.90. The molecule has 10 nitrogen and oxygen atoms in total. The number of pyridine rings is 1. The minimum atomic E-state index is -3.20. The molecular formula is C28H32FN7O3S. The topological polar surface area (TPSA) is 143 Å². The molecule has 2 aromatic carbocycles. The molecule has 0 saturated carbocycles. The maximum Gasteiger partial charge on any atom is 0.243 e. The van der Waals surface area contributed by atoms with E-state index >= 15 is 0 Å². The highest BCUT2D eigenvalue weighted by Gasteiger charge is 2.22. The zero-order valence-electron chi connectivity index (χ0n) is 22.8. The lowest BCUT2D eigenvalue weighted by molar-refractivity contribution is -0.120. The molecule has 0 aliphatic rings. The first-order valence-corrected chi connectivity index (χ1v) is 14.6. The van der Waals surface area contributed by atoms with Gasteiger partial charge < -0.3 is 21.3 Å². The summed E-state index contributed by atoms with van der Waals surface area (Å²) in [4.78, 5) is 28.0. The Kier molecular flexibility index (Phi) is 8.31. The van der Waals surface area contributed by atoms with E-state index in [-0.39, 0.29) is 24.0 Å². The Labute approximate surface area is 232 Å².